The maximum absolute atomic E-state index is 6.18. The standard InChI is InChI=1S/C16H16Cl2N2/c1-10-8-14(16(18)19-9-10)20-15(11-2-3-11)12-4-6-13(17)7-5-12/h4-9,11,15,20H,2-3H2,1H3. The van der Waals surface area contributed by atoms with Crippen molar-refractivity contribution in [2.45, 2.75) is 25.8 Å². The predicted octanol–water partition coefficient (Wildman–Crippen LogP) is 5.26. The van der Waals surface area contributed by atoms with Crippen molar-refractivity contribution in [2.24, 2.45) is 5.92 Å². The van der Waals surface area contributed by atoms with Crippen LogP contribution in [0.1, 0.15) is 30.0 Å². The Morgan fingerprint density at radius 2 is 1.90 bits per heavy atom. The number of halogens is 2. The second-order valence-electron chi connectivity index (χ2n) is 5.36. The summed E-state index contributed by atoms with van der Waals surface area (Å²) in [6.07, 6.45) is 4.27. The molecule has 4 heteroatoms. The van der Waals surface area contributed by atoms with Gasteiger partial charge in [0.2, 0.25) is 0 Å². The molecule has 2 nitrogen and oxygen atoms in total. The van der Waals surface area contributed by atoms with Gasteiger partial charge in [0.05, 0.1) is 11.7 Å². The fourth-order valence-corrected chi connectivity index (χ4v) is 2.68. The zero-order valence-corrected chi connectivity index (χ0v) is 12.7. The van der Waals surface area contributed by atoms with Crippen LogP contribution >= 0.6 is 23.2 Å². The van der Waals surface area contributed by atoms with Gasteiger partial charge < -0.3 is 5.32 Å². The zero-order valence-electron chi connectivity index (χ0n) is 11.2. The first kappa shape index (κ1) is 13.7. The van der Waals surface area contributed by atoms with E-state index in [0.717, 1.165) is 16.3 Å². The minimum atomic E-state index is 0.272. The van der Waals surface area contributed by atoms with Crippen molar-refractivity contribution in [3.8, 4) is 0 Å². The van der Waals surface area contributed by atoms with E-state index in [9.17, 15) is 0 Å². The molecule has 1 N–H and O–H groups in total. The fraction of sp³-hybridized carbons (Fsp3) is 0.312. The molecule has 0 spiro atoms. The Hall–Kier alpha value is -1.25. The molecular weight excluding hydrogens is 291 g/mol. The molecule has 1 aromatic carbocycles. The number of aromatic nitrogens is 1. The summed E-state index contributed by atoms with van der Waals surface area (Å²) >= 11 is 12.1. The molecule has 0 aliphatic heterocycles. The Balaban J connectivity index is 1.88. The molecule has 0 radical (unpaired) electrons. The van der Waals surface area contributed by atoms with Crippen molar-refractivity contribution < 1.29 is 0 Å². The molecule has 1 unspecified atom stereocenters. The van der Waals surface area contributed by atoms with Gasteiger partial charge in [0.1, 0.15) is 0 Å². The molecule has 1 aromatic heterocycles. The van der Waals surface area contributed by atoms with Gasteiger partial charge >= 0.3 is 0 Å². The average molecular weight is 307 g/mol. The van der Waals surface area contributed by atoms with Gasteiger partial charge in [-0.2, -0.15) is 0 Å². The Labute approximate surface area is 129 Å². The van der Waals surface area contributed by atoms with Crippen LogP contribution in [0.5, 0.6) is 0 Å². The number of benzene rings is 1. The van der Waals surface area contributed by atoms with Crippen LogP contribution in [0.15, 0.2) is 36.5 Å². The van der Waals surface area contributed by atoms with Gasteiger partial charge in [-0.3, -0.25) is 0 Å². The topological polar surface area (TPSA) is 24.9 Å². The molecule has 0 amide bonds. The van der Waals surface area contributed by atoms with Gasteiger partial charge in [-0.15, -0.1) is 0 Å². The lowest BCUT2D eigenvalue weighted by molar-refractivity contribution is 0.678. The quantitative estimate of drug-likeness (QED) is 0.779. The highest BCUT2D eigenvalue weighted by atomic mass is 35.5. The average Bonchev–Trinajstić information content (AvgIpc) is 3.25. The number of aryl methyl sites for hydroxylation is 1. The van der Waals surface area contributed by atoms with Gasteiger partial charge in [-0.05, 0) is 55.0 Å². The Morgan fingerprint density at radius 1 is 1.20 bits per heavy atom. The summed E-state index contributed by atoms with van der Waals surface area (Å²) in [6, 6.07) is 10.3. The number of nitrogens with zero attached hydrogens (tertiary/aromatic N) is 1. The van der Waals surface area contributed by atoms with Gasteiger partial charge in [0.15, 0.2) is 5.15 Å². The summed E-state index contributed by atoms with van der Waals surface area (Å²) in [5.74, 6) is 0.660. The third kappa shape index (κ3) is 3.08. The number of rotatable bonds is 4. The molecule has 1 aliphatic rings. The summed E-state index contributed by atoms with van der Waals surface area (Å²) in [5, 5.41) is 4.83. The van der Waals surface area contributed by atoms with E-state index in [1.807, 2.05) is 25.1 Å². The van der Waals surface area contributed by atoms with Crippen molar-refractivity contribution in [2.75, 3.05) is 5.32 Å². The normalized spacial score (nSPS) is 15.9. The van der Waals surface area contributed by atoms with Crippen LogP contribution in [0.4, 0.5) is 5.69 Å². The van der Waals surface area contributed by atoms with E-state index in [1.54, 1.807) is 6.20 Å². The SMILES string of the molecule is Cc1cnc(Cl)c(NC(c2ccc(Cl)cc2)C2CC2)c1. The molecule has 1 fully saturated rings. The smallest absolute Gasteiger partial charge is 0.152 e. The van der Waals surface area contributed by atoms with Gasteiger partial charge in [-0.25, -0.2) is 4.98 Å². The maximum atomic E-state index is 6.18. The van der Waals surface area contributed by atoms with E-state index in [2.05, 4.69) is 22.4 Å². The first-order valence-electron chi connectivity index (χ1n) is 6.77. The molecule has 0 saturated heterocycles. The molecule has 1 aliphatic carbocycles. The van der Waals surface area contributed by atoms with Crippen LogP contribution in [0, 0.1) is 12.8 Å². The number of hydrogen-bond acceptors (Lipinski definition) is 2. The Bertz CT molecular complexity index is 606. The van der Waals surface area contributed by atoms with Crippen LogP contribution in [0.2, 0.25) is 10.2 Å². The molecule has 2 aromatic rings. The highest BCUT2D eigenvalue weighted by Crippen LogP contribution is 2.43. The van der Waals surface area contributed by atoms with E-state index < -0.39 is 0 Å². The van der Waals surface area contributed by atoms with Crippen molar-refractivity contribution in [3.63, 3.8) is 0 Å². The Kier molecular flexibility index (Phi) is 3.86. The second kappa shape index (κ2) is 5.63. The van der Waals surface area contributed by atoms with Gasteiger partial charge in [0, 0.05) is 11.2 Å². The van der Waals surface area contributed by atoms with E-state index in [0.29, 0.717) is 11.1 Å². The Morgan fingerprint density at radius 3 is 2.55 bits per heavy atom. The minimum Gasteiger partial charge on any atom is -0.375 e. The van der Waals surface area contributed by atoms with E-state index in [1.165, 1.54) is 18.4 Å². The second-order valence-corrected chi connectivity index (χ2v) is 6.16. The van der Waals surface area contributed by atoms with Crippen molar-refractivity contribution in [3.05, 3.63) is 57.8 Å². The van der Waals surface area contributed by atoms with Gasteiger partial charge in [-0.1, -0.05) is 35.3 Å². The molecule has 1 saturated carbocycles. The summed E-state index contributed by atoms with van der Waals surface area (Å²) < 4.78 is 0. The molecular formula is C16H16Cl2N2. The number of pyridine rings is 1. The molecule has 104 valence electrons. The van der Waals surface area contributed by atoms with Crippen LogP contribution in [0.25, 0.3) is 0 Å². The number of hydrogen-bond donors (Lipinski definition) is 1. The molecule has 3 rings (SSSR count). The number of anilines is 1. The van der Waals surface area contributed by atoms with Crippen LogP contribution in [0.3, 0.4) is 0 Å². The first-order chi connectivity index (χ1) is 9.63. The summed E-state index contributed by atoms with van der Waals surface area (Å²) in [5.41, 5.74) is 3.25. The minimum absolute atomic E-state index is 0.272. The van der Waals surface area contributed by atoms with Crippen LogP contribution in [-0.2, 0) is 0 Å². The van der Waals surface area contributed by atoms with Crippen LogP contribution < -0.4 is 5.32 Å². The van der Waals surface area contributed by atoms with E-state index in [-0.39, 0.29) is 6.04 Å². The number of nitrogens with one attached hydrogen (secondary N) is 1. The lowest BCUT2D eigenvalue weighted by Gasteiger charge is -2.21. The fourth-order valence-electron chi connectivity index (χ4n) is 2.39. The maximum Gasteiger partial charge on any atom is 0.152 e. The van der Waals surface area contributed by atoms with Gasteiger partial charge in [0.25, 0.3) is 0 Å². The summed E-state index contributed by atoms with van der Waals surface area (Å²) in [7, 11) is 0. The third-order valence-corrected chi connectivity index (χ3v) is 4.16. The van der Waals surface area contributed by atoms with Crippen molar-refractivity contribution in [1.82, 2.24) is 4.98 Å². The van der Waals surface area contributed by atoms with Crippen molar-refractivity contribution in [1.29, 1.82) is 0 Å². The zero-order chi connectivity index (χ0) is 14.1. The summed E-state index contributed by atoms with van der Waals surface area (Å²) in [4.78, 5) is 4.20. The van der Waals surface area contributed by atoms with E-state index in [4.69, 9.17) is 23.2 Å². The first-order valence-corrected chi connectivity index (χ1v) is 7.53. The molecule has 20 heavy (non-hydrogen) atoms. The molecule has 1 heterocycles. The highest BCUT2D eigenvalue weighted by Gasteiger charge is 2.32. The van der Waals surface area contributed by atoms with E-state index >= 15 is 0 Å². The highest BCUT2D eigenvalue weighted by molar-refractivity contribution is 6.32. The van der Waals surface area contributed by atoms with Crippen LogP contribution in [-0.4, -0.2) is 4.98 Å². The lowest BCUT2D eigenvalue weighted by Crippen LogP contribution is -2.13. The predicted molar refractivity (Wildman–Crippen MR) is 84.5 cm³/mol. The third-order valence-electron chi connectivity index (χ3n) is 3.61. The van der Waals surface area contributed by atoms with Crippen molar-refractivity contribution >= 4 is 28.9 Å². The molecule has 1 atom stereocenters. The monoisotopic (exact) mass is 306 g/mol. The molecule has 0 bridgehead atoms. The lowest BCUT2D eigenvalue weighted by atomic mass is 10.0. The largest absolute Gasteiger partial charge is 0.375 e. The summed E-state index contributed by atoms with van der Waals surface area (Å²) in [6.45, 7) is 2.02.